The van der Waals surface area contributed by atoms with Crippen LogP contribution in [0.3, 0.4) is 0 Å². The largest absolute Gasteiger partial charge is 0.329 e. The molecule has 0 spiro atoms. The van der Waals surface area contributed by atoms with Crippen LogP contribution in [-0.2, 0) is 10.0 Å². The van der Waals surface area contributed by atoms with Gasteiger partial charge in [0.2, 0.25) is 10.0 Å². The highest BCUT2D eigenvalue weighted by atomic mass is 32.2. The Balaban J connectivity index is 3.06. The van der Waals surface area contributed by atoms with E-state index < -0.39 is 15.3 Å². The van der Waals surface area contributed by atoms with E-state index in [1.807, 2.05) is 37.3 Å². The number of unbranched alkanes of at least 4 members (excludes halogenated alkanes) is 1. The minimum atomic E-state index is -3.37. The molecule has 1 atom stereocenters. The molecule has 102 valence electrons. The number of benzene rings is 1. The lowest BCUT2D eigenvalue weighted by molar-refractivity contribution is 0.576. The summed E-state index contributed by atoms with van der Waals surface area (Å²) < 4.78 is 26.3. The molecule has 0 aliphatic rings. The smallest absolute Gasteiger partial charge is 0.239 e. The topological polar surface area (TPSA) is 63.4 Å². The van der Waals surface area contributed by atoms with Crippen molar-refractivity contribution in [3.63, 3.8) is 0 Å². The predicted molar refractivity (Wildman–Crippen MR) is 76.1 cm³/mol. The van der Waals surface area contributed by atoms with Crippen LogP contribution in [0.4, 0.5) is 5.69 Å². The summed E-state index contributed by atoms with van der Waals surface area (Å²) in [7, 11) is -3.37. The fourth-order valence-electron chi connectivity index (χ4n) is 1.64. The number of nitrogens with zero attached hydrogens (tertiary/aromatic N) is 1. The number of hydrogen-bond donors (Lipinski definition) is 1. The Kier molecular flexibility index (Phi) is 5.62. The van der Waals surface area contributed by atoms with Crippen LogP contribution in [0.1, 0.15) is 26.7 Å². The molecule has 1 rings (SSSR count). The Morgan fingerprint density at radius 3 is 2.39 bits per heavy atom. The maximum Gasteiger partial charge on any atom is 0.239 e. The van der Waals surface area contributed by atoms with E-state index in [1.165, 1.54) is 4.31 Å². The summed E-state index contributed by atoms with van der Waals surface area (Å²) in [5, 5.41) is -0.561. The summed E-state index contributed by atoms with van der Waals surface area (Å²) >= 11 is 0. The third-order valence-corrected chi connectivity index (χ3v) is 5.12. The van der Waals surface area contributed by atoms with E-state index in [2.05, 4.69) is 0 Å². The van der Waals surface area contributed by atoms with Gasteiger partial charge in [0.1, 0.15) is 0 Å². The van der Waals surface area contributed by atoms with Crippen molar-refractivity contribution in [3.05, 3.63) is 30.3 Å². The van der Waals surface area contributed by atoms with Crippen molar-refractivity contribution >= 4 is 15.7 Å². The van der Waals surface area contributed by atoms with Crippen molar-refractivity contribution in [2.75, 3.05) is 17.4 Å². The van der Waals surface area contributed by atoms with Crippen molar-refractivity contribution in [2.45, 2.75) is 31.9 Å². The van der Waals surface area contributed by atoms with E-state index >= 15 is 0 Å². The number of rotatable bonds is 7. The number of para-hydroxylation sites is 1. The van der Waals surface area contributed by atoms with Crippen LogP contribution in [0.25, 0.3) is 0 Å². The molecule has 0 aromatic heterocycles. The van der Waals surface area contributed by atoms with Gasteiger partial charge in [0.05, 0.1) is 10.9 Å². The molecule has 0 heterocycles. The molecule has 0 saturated carbocycles. The maximum absolute atomic E-state index is 12.4. The van der Waals surface area contributed by atoms with Crippen molar-refractivity contribution in [1.29, 1.82) is 0 Å². The predicted octanol–water partition coefficient (Wildman–Crippen LogP) is 1.97. The van der Waals surface area contributed by atoms with Crippen LogP contribution < -0.4 is 10.0 Å². The van der Waals surface area contributed by atoms with Crippen molar-refractivity contribution in [1.82, 2.24) is 0 Å². The highest BCUT2D eigenvalue weighted by molar-refractivity contribution is 7.93. The van der Waals surface area contributed by atoms with Crippen molar-refractivity contribution in [3.8, 4) is 0 Å². The summed E-state index contributed by atoms with van der Waals surface area (Å²) in [5.74, 6) is 0. The maximum atomic E-state index is 12.4. The van der Waals surface area contributed by atoms with Gasteiger partial charge in [-0.15, -0.1) is 0 Å². The Morgan fingerprint density at radius 1 is 1.28 bits per heavy atom. The molecular weight excluding hydrogens is 248 g/mol. The van der Waals surface area contributed by atoms with Crippen LogP contribution >= 0.6 is 0 Å². The SMILES string of the molecule is CCCCN(c1ccccc1)S(=O)(=O)C(C)CN. The van der Waals surface area contributed by atoms with Gasteiger partial charge in [-0.1, -0.05) is 31.5 Å². The molecule has 0 amide bonds. The lowest BCUT2D eigenvalue weighted by Gasteiger charge is -2.27. The molecule has 1 aromatic rings. The highest BCUT2D eigenvalue weighted by Crippen LogP contribution is 2.20. The van der Waals surface area contributed by atoms with Crippen LogP contribution in [0.15, 0.2) is 30.3 Å². The Morgan fingerprint density at radius 2 is 1.89 bits per heavy atom. The normalized spacial score (nSPS) is 13.3. The highest BCUT2D eigenvalue weighted by Gasteiger charge is 2.27. The van der Waals surface area contributed by atoms with Gasteiger partial charge in [-0.25, -0.2) is 8.42 Å². The average molecular weight is 270 g/mol. The Hall–Kier alpha value is -1.07. The fraction of sp³-hybridized carbons (Fsp3) is 0.538. The summed E-state index contributed by atoms with van der Waals surface area (Å²) in [6.07, 6.45) is 1.79. The molecule has 1 aromatic carbocycles. The number of nitrogens with two attached hydrogens (primary N) is 1. The molecule has 0 aliphatic heterocycles. The monoisotopic (exact) mass is 270 g/mol. The standard InChI is InChI=1S/C13H22N2O2S/c1-3-4-10-15(13-8-6-5-7-9-13)18(16,17)12(2)11-14/h5-9,12H,3-4,10-11,14H2,1-2H3. The van der Waals surface area contributed by atoms with E-state index in [9.17, 15) is 8.42 Å². The molecule has 18 heavy (non-hydrogen) atoms. The quantitative estimate of drug-likeness (QED) is 0.824. The fourth-order valence-corrected chi connectivity index (χ4v) is 3.11. The second-order valence-electron chi connectivity index (χ2n) is 4.35. The lowest BCUT2D eigenvalue weighted by Crippen LogP contribution is -2.41. The molecule has 1 unspecified atom stereocenters. The minimum absolute atomic E-state index is 0.137. The number of hydrogen-bond acceptors (Lipinski definition) is 3. The summed E-state index contributed by atoms with van der Waals surface area (Å²) in [6, 6.07) is 9.20. The molecule has 0 radical (unpaired) electrons. The van der Waals surface area contributed by atoms with Gasteiger partial charge in [0.15, 0.2) is 0 Å². The van der Waals surface area contributed by atoms with E-state index in [0.717, 1.165) is 12.8 Å². The van der Waals surface area contributed by atoms with Crippen LogP contribution in [0.5, 0.6) is 0 Å². The van der Waals surface area contributed by atoms with Gasteiger partial charge < -0.3 is 5.73 Å². The van der Waals surface area contributed by atoms with Crippen molar-refractivity contribution in [2.24, 2.45) is 5.73 Å². The second-order valence-corrected chi connectivity index (χ2v) is 6.63. The first kappa shape index (κ1) is 15.0. The third kappa shape index (κ3) is 3.46. The van der Waals surface area contributed by atoms with Crippen LogP contribution in [0.2, 0.25) is 0 Å². The van der Waals surface area contributed by atoms with Gasteiger partial charge in [-0.05, 0) is 25.5 Å². The van der Waals surface area contributed by atoms with E-state index in [4.69, 9.17) is 5.73 Å². The Bertz CT molecular complexity index is 445. The molecule has 0 fully saturated rings. The van der Waals surface area contributed by atoms with Crippen molar-refractivity contribution < 1.29 is 8.42 Å². The minimum Gasteiger partial charge on any atom is -0.329 e. The summed E-state index contributed by atoms with van der Waals surface area (Å²) in [4.78, 5) is 0. The first-order chi connectivity index (χ1) is 8.54. The molecule has 0 aliphatic carbocycles. The van der Waals surface area contributed by atoms with E-state index in [-0.39, 0.29) is 6.54 Å². The zero-order valence-corrected chi connectivity index (χ0v) is 11.9. The second kappa shape index (κ2) is 6.75. The summed E-state index contributed by atoms with van der Waals surface area (Å²) in [6.45, 7) is 4.34. The van der Waals surface area contributed by atoms with Gasteiger partial charge in [-0.3, -0.25) is 4.31 Å². The van der Waals surface area contributed by atoms with Gasteiger partial charge in [-0.2, -0.15) is 0 Å². The van der Waals surface area contributed by atoms with Gasteiger partial charge >= 0.3 is 0 Å². The number of sulfonamides is 1. The molecule has 2 N–H and O–H groups in total. The Labute approximate surface area is 110 Å². The van der Waals surface area contributed by atoms with Gasteiger partial charge in [0, 0.05) is 13.1 Å². The molecule has 5 heteroatoms. The first-order valence-corrected chi connectivity index (χ1v) is 7.81. The average Bonchev–Trinajstić information content (AvgIpc) is 2.39. The van der Waals surface area contributed by atoms with E-state index in [0.29, 0.717) is 12.2 Å². The molecule has 0 bridgehead atoms. The first-order valence-electron chi connectivity index (χ1n) is 6.30. The van der Waals surface area contributed by atoms with E-state index in [1.54, 1.807) is 6.92 Å². The third-order valence-electron chi connectivity index (χ3n) is 2.91. The zero-order chi connectivity index (χ0) is 13.6. The van der Waals surface area contributed by atoms with Gasteiger partial charge in [0.25, 0.3) is 0 Å². The zero-order valence-electron chi connectivity index (χ0n) is 11.0. The number of anilines is 1. The van der Waals surface area contributed by atoms with Crippen LogP contribution in [-0.4, -0.2) is 26.8 Å². The molecular formula is C13H22N2O2S. The lowest BCUT2D eigenvalue weighted by atomic mass is 10.3. The molecule has 0 saturated heterocycles. The summed E-state index contributed by atoms with van der Waals surface area (Å²) in [5.41, 5.74) is 6.21. The molecule has 4 nitrogen and oxygen atoms in total. The van der Waals surface area contributed by atoms with Crippen LogP contribution in [0, 0.1) is 0 Å².